The van der Waals surface area contributed by atoms with Crippen LogP contribution in [0.5, 0.6) is 0 Å². The molecule has 21 heavy (non-hydrogen) atoms. The van der Waals surface area contributed by atoms with E-state index in [0.29, 0.717) is 27.5 Å². The van der Waals surface area contributed by atoms with Crippen LogP contribution in [0.15, 0.2) is 42.5 Å². The van der Waals surface area contributed by atoms with Gasteiger partial charge in [-0.2, -0.15) is 5.26 Å². The summed E-state index contributed by atoms with van der Waals surface area (Å²) in [7, 11) is 3.38. The standard InChI is InChI=1S/C16H14ClN3O/c1-19-14-8-7-12(17)9-13(14)16(21)20(2)15-6-4-3-5-11(15)10-18/h3-9,19H,1-2H3. The van der Waals surface area contributed by atoms with E-state index in [9.17, 15) is 4.79 Å². The van der Waals surface area contributed by atoms with Gasteiger partial charge in [-0.25, -0.2) is 0 Å². The molecule has 2 rings (SSSR count). The minimum absolute atomic E-state index is 0.232. The number of nitrogens with zero attached hydrogens (tertiary/aromatic N) is 2. The van der Waals surface area contributed by atoms with Crippen molar-refractivity contribution in [2.24, 2.45) is 0 Å². The fourth-order valence-corrected chi connectivity index (χ4v) is 2.23. The van der Waals surface area contributed by atoms with Crippen molar-refractivity contribution < 1.29 is 4.79 Å². The molecule has 0 saturated carbocycles. The van der Waals surface area contributed by atoms with E-state index in [1.165, 1.54) is 4.90 Å². The Bertz CT molecular complexity index is 722. The number of carbonyl (C=O) groups is 1. The fourth-order valence-electron chi connectivity index (χ4n) is 2.06. The smallest absolute Gasteiger partial charge is 0.260 e. The van der Waals surface area contributed by atoms with Gasteiger partial charge < -0.3 is 10.2 Å². The molecule has 2 aromatic carbocycles. The lowest BCUT2D eigenvalue weighted by Gasteiger charge is -2.20. The van der Waals surface area contributed by atoms with Crippen molar-refractivity contribution in [1.29, 1.82) is 5.26 Å². The van der Waals surface area contributed by atoms with E-state index in [2.05, 4.69) is 11.4 Å². The summed E-state index contributed by atoms with van der Waals surface area (Å²) in [5.41, 5.74) is 2.15. The van der Waals surface area contributed by atoms with Gasteiger partial charge in [0.05, 0.1) is 16.8 Å². The number of hydrogen-bond donors (Lipinski definition) is 1. The third-order valence-corrected chi connectivity index (χ3v) is 3.41. The van der Waals surface area contributed by atoms with Gasteiger partial charge in [-0.15, -0.1) is 0 Å². The van der Waals surface area contributed by atoms with E-state index in [4.69, 9.17) is 16.9 Å². The van der Waals surface area contributed by atoms with Crippen molar-refractivity contribution >= 4 is 28.9 Å². The Labute approximate surface area is 128 Å². The van der Waals surface area contributed by atoms with Crippen LogP contribution in [0.1, 0.15) is 15.9 Å². The van der Waals surface area contributed by atoms with Gasteiger partial charge in [0.25, 0.3) is 5.91 Å². The Balaban J connectivity index is 2.45. The largest absolute Gasteiger partial charge is 0.387 e. The first-order chi connectivity index (χ1) is 10.1. The third-order valence-electron chi connectivity index (χ3n) is 3.17. The third kappa shape index (κ3) is 2.99. The maximum Gasteiger partial charge on any atom is 0.260 e. The van der Waals surface area contributed by atoms with Gasteiger partial charge in [-0.05, 0) is 30.3 Å². The van der Waals surface area contributed by atoms with Crippen LogP contribution in [0.3, 0.4) is 0 Å². The van der Waals surface area contributed by atoms with Crippen LogP contribution in [0.2, 0.25) is 5.02 Å². The molecular formula is C16H14ClN3O. The molecule has 0 aliphatic carbocycles. The van der Waals surface area contributed by atoms with Gasteiger partial charge in [0.15, 0.2) is 0 Å². The zero-order valence-electron chi connectivity index (χ0n) is 11.7. The van der Waals surface area contributed by atoms with Crippen molar-refractivity contribution in [3.05, 3.63) is 58.6 Å². The van der Waals surface area contributed by atoms with Crippen LogP contribution in [-0.2, 0) is 0 Å². The van der Waals surface area contributed by atoms with E-state index in [1.54, 1.807) is 56.6 Å². The zero-order chi connectivity index (χ0) is 15.4. The highest BCUT2D eigenvalue weighted by Gasteiger charge is 2.19. The number of anilines is 2. The Kier molecular flexibility index (Phi) is 4.46. The molecule has 0 atom stereocenters. The van der Waals surface area contributed by atoms with Crippen molar-refractivity contribution in [2.75, 3.05) is 24.3 Å². The van der Waals surface area contributed by atoms with Gasteiger partial charge in [0.2, 0.25) is 0 Å². The molecule has 0 fully saturated rings. The molecule has 4 nitrogen and oxygen atoms in total. The molecule has 0 unspecified atom stereocenters. The predicted molar refractivity (Wildman–Crippen MR) is 84.9 cm³/mol. The number of amides is 1. The van der Waals surface area contributed by atoms with Crippen molar-refractivity contribution in [1.82, 2.24) is 0 Å². The number of carbonyl (C=O) groups excluding carboxylic acids is 1. The molecule has 0 saturated heterocycles. The summed E-state index contributed by atoms with van der Waals surface area (Å²) < 4.78 is 0. The van der Waals surface area contributed by atoms with Crippen LogP contribution in [0.4, 0.5) is 11.4 Å². The molecule has 0 aliphatic rings. The van der Waals surface area contributed by atoms with Crippen LogP contribution >= 0.6 is 11.6 Å². The molecule has 5 heteroatoms. The normalized spacial score (nSPS) is 9.81. The maximum atomic E-state index is 12.7. The van der Waals surface area contributed by atoms with Crippen LogP contribution in [-0.4, -0.2) is 20.0 Å². The number of nitrogens with one attached hydrogen (secondary N) is 1. The summed E-state index contributed by atoms with van der Waals surface area (Å²) in [6.45, 7) is 0. The molecule has 0 aliphatic heterocycles. The van der Waals surface area contributed by atoms with Gasteiger partial charge >= 0.3 is 0 Å². The van der Waals surface area contributed by atoms with Crippen molar-refractivity contribution in [3.8, 4) is 6.07 Å². The highest BCUT2D eigenvalue weighted by molar-refractivity contribution is 6.31. The summed E-state index contributed by atoms with van der Waals surface area (Å²) >= 11 is 5.98. The number of nitriles is 1. The molecule has 0 radical (unpaired) electrons. The number of halogens is 1. The number of rotatable bonds is 3. The molecule has 0 spiro atoms. The summed E-state index contributed by atoms with van der Waals surface area (Å²) in [5.74, 6) is -0.232. The van der Waals surface area contributed by atoms with Crippen LogP contribution in [0.25, 0.3) is 0 Å². The SMILES string of the molecule is CNc1ccc(Cl)cc1C(=O)N(C)c1ccccc1C#N. The second-order valence-electron chi connectivity index (χ2n) is 4.43. The van der Waals surface area contributed by atoms with E-state index in [0.717, 1.165) is 0 Å². The minimum Gasteiger partial charge on any atom is -0.387 e. The monoisotopic (exact) mass is 299 g/mol. The Hall–Kier alpha value is -2.51. The average Bonchev–Trinajstić information content (AvgIpc) is 2.53. The summed E-state index contributed by atoms with van der Waals surface area (Å²) in [5, 5.41) is 12.6. The molecule has 1 N–H and O–H groups in total. The van der Waals surface area contributed by atoms with Gasteiger partial charge in [-0.3, -0.25) is 4.79 Å². The molecular weight excluding hydrogens is 286 g/mol. The first kappa shape index (κ1) is 14.9. The Morgan fingerprint density at radius 3 is 2.67 bits per heavy atom. The lowest BCUT2D eigenvalue weighted by Crippen LogP contribution is -2.27. The molecule has 1 amide bonds. The lowest BCUT2D eigenvalue weighted by atomic mass is 10.1. The number of para-hydroxylation sites is 1. The summed E-state index contributed by atoms with van der Waals surface area (Å²) in [6, 6.07) is 14.1. The fraction of sp³-hybridized carbons (Fsp3) is 0.125. The van der Waals surface area contributed by atoms with E-state index >= 15 is 0 Å². The molecule has 2 aromatic rings. The highest BCUT2D eigenvalue weighted by atomic mass is 35.5. The number of hydrogen-bond acceptors (Lipinski definition) is 3. The molecule has 0 heterocycles. The van der Waals surface area contributed by atoms with Crippen LogP contribution in [0, 0.1) is 11.3 Å². The Morgan fingerprint density at radius 1 is 1.29 bits per heavy atom. The second-order valence-corrected chi connectivity index (χ2v) is 4.87. The highest BCUT2D eigenvalue weighted by Crippen LogP contribution is 2.25. The number of benzene rings is 2. The van der Waals surface area contributed by atoms with Gasteiger partial charge in [0.1, 0.15) is 6.07 Å². The first-order valence-corrected chi connectivity index (χ1v) is 6.70. The quantitative estimate of drug-likeness (QED) is 0.943. The van der Waals surface area contributed by atoms with Gasteiger partial charge in [-0.1, -0.05) is 23.7 Å². The van der Waals surface area contributed by atoms with E-state index in [1.807, 2.05) is 0 Å². The van der Waals surface area contributed by atoms with E-state index < -0.39 is 0 Å². The maximum absolute atomic E-state index is 12.7. The van der Waals surface area contributed by atoms with Crippen molar-refractivity contribution in [3.63, 3.8) is 0 Å². The minimum atomic E-state index is -0.232. The van der Waals surface area contributed by atoms with Crippen molar-refractivity contribution in [2.45, 2.75) is 0 Å². The lowest BCUT2D eigenvalue weighted by molar-refractivity contribution is 0.0993. The average molecular weight is 300 g/mol. The predicted octanol–water partition coefficient (Wildman–Crippen LogP) is 3.53. The summed E-state index contributed by atoms with van der Waals surface area (Å²) in [4.78, 5) is 14.1. The first-order valence-electron chi connectivity index (χ1n) is 6.33. The van der Waals surface area contributed by atoms with Gasteiger partial charge in [0, 0.05) is 24.8 Å². The molecule has 0 aromatic heterocycles. The second kappa shape index (κ2) is 6.29. The zero-order valence-corrected chi connectivity index (χ0v) is 12.5. The molecule has 0 bridgehead atoms. The topological polar surface area (TPSA) is 56.1 Å². The van der Waals surface area contributed by atoms with E-state index in [-0.39, 0.29) is 5.91 Å². The summed E-state index contributed by atoms with van der Waals surface area (Å²) in [6.07, 6.45) is 0. The Morgan fingerprint density at radius 2 is 2.00 bits per heavy atom. The van der Waals surface area contributed by atoms with Crippen LogP contribution < -0.4 is 10.2 Å². The molecule has 106 valence electrons.